The van der Waals surface area contributed by atoms with Crippen LogP contribution in [0.1, 0.15) is 78.9 Å². The maximum absolute atomic E-state index is 13.2. The summed E-state index contributed by atoms with van der Waals surface area (Å²) in [6.45, 7) is 3.79. The Balaban J connectivity index is 1.43. The molecule has 0 spiro atoms. The van der Waals surface area contributed by atoms with E-state index in [2.05, 4.69) is 13.0 Å². The van der Waals surface area contributed by atoms with E-state index in [0.717, 1.165) is 62.7 Å². The van der Waals surface area contributed by atoms with Crippen LogP contribution in [0.25, 0.3) is 0 Å². The van der Waals surface area contributed by atoms with Crippen LogP contribution in [0.5, 0.6) is 5.75 Å². The molecule has 1 saturated heterocycles. The first-order chi connectivity index (χ1) is 16.7. The van der Waals surface area contributed by atoms with Crippen molar-refractivity contribution in [2.45, 2.75) is 76.4 Å². The Bertz CT molecular complexity index is 1040. The topological polar surface area (TPSA) is 55.8 Å². The molecule has 3 aliphatic rings. The molecule has 1 amide bonds. The average molecular weight is 462 g/mol. The maximum Gasteiger partial charge on any atom is 0.410 e. The molecule has 2 bridgehead atoms. The lowest BCUT2D eigenvalue weighted by Gasteiger charge is -2.58. The summed E-state index contributed by atoms with van der Waals surface area (Å²) in [6, 6.07) is 14.2. The number of hydrogen-bond acceptors (Lipinski definition) is 4. The van der Waals surface area contributed by atoms with Gasteiger partial charge < -0.3 is 14.4 Å². The zero-order valence-corrected chi connectivity index (χ0v) is 20.1. The van der Waals surface area contributed by atoms with Crippen LogP contribution in [0, 0.1) is 5.92 Å². The van der Waals surface area contributed by atoms with E-state index < -0.39 is 0 Å². The molecule has 0 radical (unpaired) electrons. The average Bonchev–Trinajstić information content (AvgIpc) is 2.88. The summed E-state index contributed by atoms with van der Waals surface area (Å²) in [5.41, 5.74) is 4.25. The highest BCUT2D eigenvalue weighted by Gasteiger charge is 2.55. The molecule has 1 heterocycles. The highest BCUT2D eigenvalue weighted by atomic mass is 16.6. The lowest BCUT2D eigenvalue weighted by molar-refractivity contribution is -0.0137. The van der Waals surface area contributed by atoms with Gasteiger partial charge in [-0.1, -0.05) is 56.5 Å². The lowest BCUT2D eigenvalue weighted by atomic mass is 9.52. The number of aldehydes is 1. The van der Waals surface area contributed by atoms with Gasteiger partial charge in [-0.3, -0.25) is 4.79 Å². The number of amides is 1. The van der Waals surface area contributed by atoms with E-state index in [-0.39, 0.29) is 17.6 Å². The van der Waals surface area contributed by atoms with Crippen molar-refractivity contribution in [1.29, 1.82) is 0 Å². The van der Waals surface area contributed by atoms with Gasteiger partial charge in [0.1, 0.15) is 12.4 Å². The molecule has 2 aromatic rings. The van der Waals surface area contributed by atoms with E-state index >= 15 is 0 Å². The van der Waals surface area contributed by atoms with Crippen LogP contribution in [0.15, 0.2) is 42.5 Å². The lowest BCUT2D eigenvalue weighted by Crippen LogP contribution is -2.62. The van der Waals surface area contributed by atoms with Crippen LogP contribution >= 0.6 is 0 Å². The normalized spacial score (nSPS) is 25.1. The van der Waals surface area contributed by atoms with Crippen molar-refractivity contribution < 1.29 is 19.1 Å². The molecule has 5 heteroatoms. The fraction of sp³-hybridized carbons (Fsp3) is 0.517. The molecule has 2 aromatic carbocycles. The van der Waals surface area contributed by atoms with Crippen LogP contribution in [0.4, 0.5) is 4.79 Å². The third-order valence-electron chi connectivity index (χ3n) is 8.28. The Kier molecular flexibility index (Phi) is 6.62. The van der Waals surface area contributed by atoms with Crippen molar-refractivity contribution in [1.82, 2.24) is 4.90 Å². The smallest absolute Gasteiger partial charge is 0.410 e. The molecule has 5 rings (SSSR count). The SMILES string of the molecule is CCCCOc1cc2c(cc1C=O)C[C@H]1C3CCCC[C@@]23CCN1C(=O)OCc1ccccc1. The molecule has 180 valence electrons. The number of benzene rings is 2. The molecule has 5 nitrogen and oxygen atoms in total. The van der Waals surface area contributed by atoms with Gasteiger partial charge in [0.25, 0.3) is 0 Å². The molecule has 0 N–H and O–H groups in total. The Morgan fingerprint density at radius 1 is 1.18 bits per heavy atom. The Morgan fingerprint density at radius 2 is 2.03 bits per heavy atom. The van der Waals surface area contributed by atoms with E-state index in [1.807, 2.05) is 41.3 Å². The molecular formula is C29H35NO4. The predicted molar refractivity (Wildman–Crippen MR) is 131 cm³/mol. The number of hydrogen-bond donors (Lipinski definition) is 0. The number of unbranched alkanes of at least 4 members (excludes halogenated alkanes) is 1. The Hall–Kier alpha value is -2.82. The summed E-state index contributed by atoms with van der Waals surface area (Å²) in [4.78, 5) is 27.1. The van der Waals surface area contributed by atoms with Gasteiger partial charge in [0, 0.05) is 18.0 Å². The van der Waals surface area contributed by atoms with Crippen molar-refractivity contribution in [3.05, 3.63) is 64.7 Å². The van der Waals surface area contributed by atoms with E-state index in [9.17, 15) is 9.59 Å². The summed E-state index contributed by atoms with van der Waals surface area (Å²) < 4.78 is 11.8. The van der Waals surface area contributed by atoms with Crippen LogP contribution in [-0.4, -0.2) is 36.5 Å². The molecule has 1 aliphatic heterocycles. The molecular weight excluding hydrogens is 426 g/mol. The van der Waals surface area contributed by atoms with E-state index in [0.29, 0.717) is 24.7 Å². The summed E-state index contributed by atoms with van der Waals surface area (Å²) in [5.74, 6) is 1.15. The third kappa shape index (κ3) is 4.10. The zero-order chi connectivity index (χ0) is 23.5. The summed E-state index contributed by atoms with van der Waals surface area (Å²) >= 11 is 0. The number of rotatable bonds is 7. The highest BCUT2D eigenvalue weighted by Crippen LogP contribution is 2.56. The van der Waals surface area contributed by atoms with Crippen molar-refractivity contribution in [3.63, 3.8) is 0 Å². The van der Waals surface area contributed by atoms with Gasteiger partial charge >= 0.3 is 6.09 Å². The second-order valence-electron chi connectivity index (χ2n) is 10.1. The summed E-state index contributed by atoms with van der Waals surface area (Å²) in [5, 5.41) is 0. The number of ether oxygens (including phenoxy) is 2. The summed E-state index contributed by atoms with van der Waals surface area (Å²) in [7, 11) is 0. The fourth-order valence-electron chi connectivity index (χ4n) is 6.64. The van der Waals surface area contributed by atoms with Gasteiger partial charge in [-0.2, -0.15) is 0 Å². The molecule has 0 aromatic heterocycles. The van der Waals surface area contributed by atoms with E-state index in [1.54, 1.807) is 0 Å². The quantitative estimate of drug-likeness (QED) is 0.371. The first-order valence-electron chi connectivity index (χ1n) is 12.9. The molecule has 34 heavy (non-hydrogen) atoms. The van der Waals surface area contributed by atoms with Gasteiger partial charge in [-0.15, -0.1) is 0 Å². The van der Waals surface area contributed by atoms with E-state index in [4.69, 9.17) is 9.47 Å². The Labute approximate surface area is 202 Å². The second kappa shape index (κ2) is 9.81. The van der Waals surface area contributed by atoms with Gasteiger partial charge in [-0.25, -0.2) is 4.79 Å². The molecule has 1 saturated carbocycles. The van der Waals surface area contributed by atoms with Crippen molar-refractivity contribution in [3.8, 4) is 5.75 Å². The van der Waals surface area contributed by atoms with Gasteiger partial charge in [0.15, 0.2) is 6.29 Å². The number of likely N-dealkylation sites (tertiary alicyclic amines) is 1. The largest absolute Gasteiger partial charge is 0.493 e. The second-order valence-corrected chi connectivity index (χ2v) is 10.1. The van der Waals surface area contributed by atoms with Crippen molar-refractivity contribution in [2.24, 2.45) is 5.92 Å². The number of nitrogens with zero attached hydrogens (tertiary/aromatic N) is 1. The van der Waals surface area contributed by atoms with Gasteiger partial charge in [-0.05, 0) is 66.8 Å². The third-order valence-corrected chi connectivity index (χ3v) is 8.28. The standard InChI is InChI=1S/C29H35NO4/c1-2-3-15-33-27-18-25-22(16-23(27)19-31)17-26-24-11-7-8-12-29(24,25)13-14-30(26)28(32)34-20-21-9-5-4-6-10-21/h4-6,9-10,16,18-19,24,26H,2-3,7-8,11-15,17,20H2,1H3/t24?,26-,29-/m0/s1. The monoisotopic (exact) mass is 461 g/mol. The number of carbonyl (C=O) groups is 2. The van der Waals surface area contributed by atoms with Crippen LogP contribution in [-0.2, 0) is 23.2 Å². The zero-order valence-electron chi connectivity index (χ0n) is 20.1. The van der Waals surface area contributed by atoms with Crippen LogP contribution in [0.3, 0.4) is 0 Å². The molecule has 3 atom stereocenters. The molecule has 2 aliphatic carbocycles. The van der Waals surface area contributed by atoms with Crippen molar-refractivity contribution in [2.75, 3.05) is 13.2 Å². The minimum atomic E-state index is -0.216. The minimum absolute atomic E-state index is 0.0665. The summed E-state index contributed by atoms with van der Waals surface area (Å²) in [6.07, 6.45) is 9.14. The van der Waals surface area contributed by atoms with Gasteiger partial charge in [0.05, 0.1) is 12.2 Å². The van der Waals surface area contributed by atoms with Crippen LogP contribution in [0.2, 0.25) is 0 Å². The first kappa shape index (κ1) is 22.9. The van der Waals surface area contributed by atoms with Gasteiger partial charge in [0.2, 0.25) is 0 Å². The Morgan fingerprint density at radius 3 is 2.82 bits per heavy atom. The van der Waals surface area contributed by atoms with Crippen molar-refractivity contribution >= 4 is 12.4 Å². The number of carbonyl (C=O) groups excluding carboxylic acids is 2. The maximum atomic E-state index is 13.2. The highest BCUT2D eigenvalue weighted by molar-refractivity contribution is 5.80. The number of piperidine rings is 1. The number of fused-ring (bicyclic) bond motifs is 1. The molecule has 1 unspecified atom stereocenters. The minimum Gasteiger partial charge on any atom is -0.493 e. The first-order valence-corrected chi connectivity index (χ1v) is 12.9. The predicted octanol–water partition coefficient (Wildman–Crippen LogP) is 6.07. The van der Waals surface area contributed by atoms with Crippen LogP contribution < -0.4 is 4.74 Å². The van der Waals surface area contributed by atoms with E-state index in [1.165, 1.54) is 24.0 Å². The fourth-order valence-corrected chi connectivity index (χ4v) is 6.64. The molecule has 2 fully saturated rings.